The van der Waals surface area contributed by atoms with Gasteiger partial charge in [-0.1, -0.05) is 0 Å². The van der Waals surface area contributed by atoms with E-state index in [4.69, 9.17) is 9.47 Å². The summed E-state index contributed by atoms with van der Waals surface area (Å²) in [5.74, 6) is 2.44. The molecule has 4 fully saturated rings. The first-order valence-corrected chi connectivity index (χ1v) is 12.7. The number of hydrogen-bond donors (Lipinski definition) is 0. The first-order valence-electron chi connectivity index (χ1n) is 12.7. The minimum absolute atomic E-state index is 0.240. The number of carbonyl (C=O) groups excluding carboxylic acids is 4. The maximum atomic E-state index is 11.9. The van der Waals surface area contributed by atoms with E-state index in [1.807, 2.05) is 41.5 Å². The van der Waals surface area contributed by atoms with E-state index in [0.29, 0.717) is 74.0 Å². The number of Topliss-reactive ketones (excluding diaryl/α,β-unsaturated/α-hetero) is 2. The highest BCUT2D eigenvalue weighted by molar-refractivity contribution is 5.82. The van der Waals surface area contributed by atoms with Crippen LogP contribution in [0.2, 0.25) is 0 Å². The van der Waals surface area contributed by atoms with E-state index in [1.54, 1.807) is 9.80 Å². The fraction of sp³-hybridized carbons (Fsp3) is 0.846. The van der Waals surface area contributed by atoms with Crippen LogP contribution in [0, 0.1) is 23.7 Å². The van der Waals surface area contributed by atoms with Crippen LogP contribution in [-0.4, -0.2) is 70.9 Å². The first-order chi connectivity index (χ1) is 15.7. The Morgan fingerprint density at radius 3 is 1.29 bits per heavy atom. The molecule has 4 rings (SSSR count). The quantitative estimate of drug-likeness (QED) is 0.511. The smallest absolute Gasteiger partial charge is 0.410 e. The van der Waals surface area contributed by atoms with Gasteiger partial charge in [-0.15, -0.1) is 0 Å². The SMILES string of the molecule is CC(C)(C)OC(=O)N1CC[C@@H]2CC(=O)C[C@@H]2C1.CC(C)(C)OC(=O)N1CC[C@H]2CC(=O)C[C@H]2C1. The van der Waals surface area contributed by atoms with E-state index in [1.165, 1.54) is 0 Å². The molecule has 2 aliphatic heterocycles. The predicted octanol–water partition coefficient (Wildman–Crippen LogP) is 4.45. The van der Waals surface area contributed by atoms with Crippen molar-refractivity contribution in [3.8, 4) is 0 Å². The first kappa shape index (κ1) is 26.5. The summed E-state index contributed by atoms with van der Waals surface area (Å²) in [6.07, 6.45) is 4.12. The number of rotatable bonds is 0. The third kappa shape index (κ3) is 7.44. The van der Waals surface area contributed by atoms with E-state index >= 15 is 0 Å². The van der Waals surface area contributed by atoms with E-state index in [0.717, 1.165) is 25.9 Å². The summed E-state index contributed by atoms with van der Waals surface area (Å²) in [7, 11) is 0. The number of ether oxygens (including phenoxy) is 2. The molecule has 0 spiro atoms. The van der Waals surface area contributed by atoms with Crippen molar-refractivity contribution < 1.29 is 28.7 Å². The Balaban J connectivity index is 0.000000191. The van der Waals surface area contributed by atoms with Crippen LogP contribution in [0.15, 0.2) is 0 Å². The molecule has 192 valence electrons. The number of ketones is 2. The van der Waals surface area contributed by atoms with Crippen LogP contribution in [-0.2, 0) is 19.1 Å². The normalized spacial score (nSPS) is 29.1. The molecule has 2 amide bonds. The van der Waals surface area contributed by atoms with E-state index < -0.39 is 11.2 Å². The van der Waals surface area contributed by atoms with Crippen molar-refractivity contribution in [2.45, 2.75) is 91.3 Å². The maximum absolute atomic E-state index is 11.9. The Morgan fingerprint density at radius 2 is 0.971 bits per heavy atom. The molecule has 4 atom stereocenters. The second-order valence-electron chi connectivity index (χ2n) is 12.4. The zero-order valence-electron chi connectivity index (χ0n) is 21.7. The van der Waals surface area contributed by atoms with Crippen molar-refractivity contribution in [3.05, 3.63) is 0 Å². The Kier molecular flexibility index (Phi) is 7.98. The molecule has 0 unspecified atom stereocenters. The van der Waals surface area contributed by atoms with Crippen molar-refractivity contribution in [1.82, 2.24) is 9.80 Å². The second-order valence-corrected chi connectivity index (χ2v) is 12.4. The van der Waals surface area contributed by atoms with Gasteiger partial charge in [0.2, 0.25) is 0 Å². The molecule has 34 heavy (non-hydrogen) atoms. The Bertz CT molecular complexity index is 730. The molecule has 0 bridgehead atoms. The molecule has 0 radical (unpaired) electrons. The molecular weight excluding hydrogens is 436 g/mol. The lowest BCUT2D eigenvalue weighted by Gasteiger charge is -2.35. The molecule has 0 aromatic carbocycles. The number of nitrogens with zero attached hydrogens (tertiary/aromatic N) is 2. The average molecular weight is 479 g/mol. The number of likely N-dealkylation sites (tertiary alicyclic amines) is 2. The lowest BCUT2D eigenvalue weighted by molar-refractivity contribution is -0.118. The molecular formula is C26H42N2O6. The average Bonchev–Trinajstić information content (AvgIpc) is 3.24. The number of carbonyl (C=O) groups is 4. The minimum Gasteiger partial charge on any atom is -0.444 e. The van der Waals surface area contributed by atoms with Crippen LogP contribution in [0.5, 0.6) is 0 Å². The number of fused-ring (bicyclic) bond motifs is 2. The fourth-order valence-electron chi connectivity index (χ4n) is 5.48. The highest BCUT2D eigenvalue weighted by atomic mass is 16.6. The summed E-state index contributed by atoms with van der Waals surface area (Å²) in [6.45, 7) is 14.1. The van der Waals surface area contributed by atoms with Crippen LogP contribution < -0.4 is 0 Å². The van der Waals surface area contributed by atoms with E-state index in [9.17, 15) is 19.2 Å². The topological polar surface area (TPSA) is 93.2 Å². The second kappa shape index (κ2) is 10.2. The van der Waals surface area contributed by atoms with Gasteiger partial charge in [0.25, 0.3) is 0 Å². The highest BCUT2D eigenvalue weighted by Crippen LogP contribution is 2.37. The van der Waals surface area contributed by atoms with Gasteiger partial charge in [0.15, 0.2) is 0 Å². The lowest BCUT2D eigenvalue weighted by atomic mass is 9.89. The van der Waals surface area contributed by atoms with Crippen molar-refractivity contribution in [1.29, 1.82) is 0 Å². The van der Waals surface area contributed by atoms with Gasteiger partial charge in [0, 0.05) is 51.9 Å². The summed E-state index contributed by atoms with van der Waals surface area (Å²) in [5, 5.41) is 0. The van der Waals surface area contributed by atoms with Gasteiger partial charge in [-0.25, -0.2) is 9.59 Å². The minimum atomic E-state index is -0.445. The van der Waals surface area contributed by atoms with Gasteiger partial charge in [0.05, 0.1) is 0 Å². The van der Waals surface area contributed by atoms with Crippen LogP contribution in [0.4, 0.5) is 9.59 Å². The van der Waals surface area contributed by atoms with Gasteiger partial charge in [-0.2, -0.15) is 0 Å². The summed E-state index contributed by atoms with van der Waals surface area (Å²) in [6, 6.07) is 0. The molecule has 2 aliphatic carbocycles. The third-order valence-electron chi connectivity index (χ3n) is 7.05. The van der Waals surface area contributed by atoms with Crippen LogP contribution in [0.3, 0.4) is 0 Å². The van der Waals surface area contributed by atoms with Gasteiger partial charge in [0.1, 0.15) is 22.8 Å². The summed E-state index contributed by atoms with van der Waals surface area (Å²) >= 11 is 0. The van der Waals surface area contributed by atoms with Crippen molar-refractivity contribution in [3.63, 3.8) is 0 Å². The van der Waals surface area contributed by atoms with Gasteiger partial charge < -0.3 is 19.3 Å². The summed E-state index contributed by atoms with van der Waals surface area (Å²) in [4.78, 5) is 50.1. The Hall–Kier alpha value is -2.12. The molecule has 4 aliphatic rings. The van der Waals surface area contributed by atoms with E-state index in [2.05, 4.69) is 0 Å². The van der Waals surface area contributed by atoms with Gasteiger partial charge in [-0.05, 0) is 78.1 Å². The lowest BCUT2D eigenvalue weighted by Crippen LogP contribution is -2.44. The monoisotopic (exact) mass is 478 g/mol. The van der Waals surface area contributed by atoms with Crippen molar-refractivity contribution in [2.75, 3.05) is 26.2 Å². The van der Waals surface area contributed by atoms with Gasteiger partial charge in [-0.3, -0.25) is 9.59 Å². The largest absolute Gasteiger partial charge is 0.444 e. The van der Waals surface area contributed by atoms with Crippen LogP contribution in [0.1, 0.15) is 80.1 Å². The number of hydrogen-bond acceptors (Lipinski definition) is 6. The summed E-state index contributed by atoms with van der Waals surface area (Å²) < 4.78 is 10.7. The fourth-order valence-corrected chi connectivity index (χ4v) is 5.48. The molecule has 2 heterocycles. The number of amides is 2. The molecule has 2 saturated carbocycles. The van der Waals surface area contributed by atoms with Crippen molar-refractivity contribution >= 4 is 23.8 Å². The Morgan fingerprint density at radius 1 is 0.647 bits per heavy atom. The standard InChI is InChI=1S/2C13H21NO3/c2*1-13(2,3)17-12(16)14-5-4-9-6-11(15)7-10(9)8-14/h2*9-10H,4-8H2,1-3H3/t2*9-,10-/m10/s1. The van der Waals surface area contributed by atoms with E-state index in [-0.39, 0.29) is 12.2 Å². The molecule has 0 N–H and O–H groups in total. The third-order valence-corrected chi connectivity index (χ3v) is 7.05. The molecule has 2 saturated heterocycles. The Labute approximate surface area is 203 Å². The zero-order chi connectivity index (χ0) is 25.3. The van der Waals surface area contributed by atoms with Gasteiger partial charge >= 0.3 is 12.2 Å². The predicted molar refractivity (Wildman–Crippen MR) is 127 cm³/mol. The molecule has 0 aromatic heterocycles. The molecule has 8 nitrogen and oxygen atoms in total. The molecule has 0 aromatic rings. The maximum Gasteiger partial charge on any atom is 0.410 e. The van der Waals surface area contributed by atoms with Crippen LogP contribution >= 0.6 is 0 Å². The van der Waals surface area contributed by atoms with Crippen LogP contribution in [0.25, 0.3) is 0 Å². The summed E-state index contributed by atoms with van der Waals surface area (Å²) in [5.41, 5.74) is -0.890. The van der Waals surface area contributed by atoms with Crippen molar-refractivity contribution in [2.24, 2.45) is 23.7 Å². The number of piperidine rings is 2. The molecule has 8 heteroatoms. The highest BCUT2D eigenvalue weighted by Gasteiger charge is 2.40. The zero-order valence-corrected chi connectivity index (χ0v) is 21.7.